The van der Waals surface area contributed by atoms with E-state index in [0.717, 1.165) is 28.4 Å². The van der Waals surface area contributed by atoms with Crippen LogP contribution in [-0.2, 0) is 10.5 Å². The van der Waals surface area contributed by atoms with E-state index in [-0.39, 0.29) is 5.78 Å². The number of imidazole rings is 1. The molecule has 4 heteroatoms. The summed E-state index contributed by atoms with van der Waals surface area (Å²) in [5.74, 6) is 2.93. The molecule has 0 aliphatic rings. The molecule has 2 rings (SSSR count). The lowest BCUT2D eigenvalue weighted by atomic mass is 10.3. The first-order valence-corrected chi connectivity index (χ1v) is 6.42. The van der Waals surface area contributed by atoms with Gasteiger partial charge in [-0.3, -0.25) is 4.79 Å². The molecule has 0 saturated heterocycles. The van der Waals surface area contributed by atoms with Gasteiger partial charge in [-0.25, -0.2) is 4.98 Å². The number of nitrogens with one attached hydrogen (secondary N) is 1. The van der Waals surface area contributed by atoms with Crippen molar-refractivity contribution in [1.82, 2.24) is 9.97 Å². The van der Waals surface area contributed by atoms with Gasteiger partial charge in [-0.15, -0.1) is 0 Å². The van der Waals surface area contributed by atoms with Gasteiger partial charge >= 0.3 is 0 Å². The van der Waals surface area contributed by atoms with E-state index < -0.39 is 0 Å². The van der Waals surface area contributed by atoms with Crippen LogP contribution in [0.2, 0.25) is 0 Å². The average Bonchev–Trinajstić information content (AvgIpc) is 2.66. The van der Waals surface area contributed by atoms with Gasteiger partial charge in [0.25, 0.3) is 0 Å². The molecule has 2 aromatic rings. The maximum Gasteiger partial charge on any atom is 0.130 e. The zero-order chi connectivity index (χ0) is 11.4. The van der Waals surface area contributed by atoms with Gasteiger partial charge < -0.3 is 4.98 Å². The fourth-order valence-corrected chi connectivity index (χ4v) is 2.36. The minimum absolute atomic E-state index is 0.247. The van der Waals surface area contributed by atoms with Crippen LogP contribution in [0.1, 0.15) is 19.2 Å². The number of carbonyl (C=O) groups is 1. The molecule has 84 valence electrons. The van der Waals surface area contributed by atoms with Crippen LogP contribution in [0.5, 0.6) is 0 Å². The normalized spacial score (nSPS) is 10.8. The predicted molar refractivity (Wildman–Crippen MR) is 67.6 cm³/mol. The summed E-state index contributed by atoms with van der Waals surface area (Å²) in [6.45, 7) is 1.63. The smallest absolute Gasteiger partial charge is 0.130 e. The summed E-state index contributed by atoms with van der Waals surface area (Å²) < 4.78 is 0. The molecule has 0 fully saturated rings. The Labute approximate surface area is 98.7 Å². The fourth-order valence-electron chi connectivity index (χ4n) is 1.46. The molecule has 0 spiro atoms. The van der Waals surface area contributed by atoms with E-state index in [0.29, 0.717) is 6.42 Å². The van der Waals surface area contributed by atoms with Crippen LogP contribution in [-0.4, -0.2) is 21.5 Å². The topological polar surface area (TPSA) is 45.8 Å². The molecule has 1 aromatic carbocycles. The molecule has 0 aliphatic heterocycles. The van der Waals surface area contributed by atoms with Gasteiger partial charge in [-0.05, 0) is 19.1 Å². The van der Waals surface area contributed by atoms with E-state index in [1.165, 1.54) is 0 Å². The summed E-state index contributed by atoms with van der Waals surface area (Å²) in [6.07, 6.45) is 0.644. The second-order valence-corrected chi connectivity index (χ2v) is 4.81. The summed E-state index contributed by atoms with van der Waals surface area (Å²) in [4.78, 5) is 18.5. The van der Waals surface area contributed by atoms with Crippen molar-refractivity contribution in [2.45, 2.75) is 19.1 Å². The lowest BCUT2D eigenvalue weighted by Crippen LogP contribution is -1.93. The van der Waals surface area contributed by atoms with Crippen LogP contribution < -0.4 is 0 Å². The monoisotopic (exact) mass is 234 g/mol. The van der Waals surface area contributed by atoms with Crippen molar-refractivity contribution in [2.24, 2.45) is 0 Å². The zero-order valence-corrected chi connectivity index (χ0v) is 10.0. The Morgan fingerprint density at radius 3 is 3.00 bits per heavy atom. The summed E-state index contributed by atoms with van der Waals surface area (Å²) in [6, 6.07) is 7.99. The maximum atomic E-state index is 10.8. The summed E-state index contributed by atoms with van der Waals surface area (Å²) in [5, 5.41) is 0. The Morgan fingerprint density at radius 2 is 2.25 bits per heavy atom. The van der Waals surface area contributed by atoms with Gasteiger partial charge in [0.05, 0.1) is 16.8 Å². The van der Waals surface area contributed by atoms with Gasteiger partial charge in [0.2, 0.25) is 0 Å². The second-order valence-electron chi connectivity index (χ2n) is 3.71. The number of thioether (sulfide) groups is 1. The van der Waals surface area contributed by atoms with Crippen LogP contribution in [0.15, 0.2) is 24.3 Å². The molecule has 16 heavy (non-hydrogen) atoms. The third kappa shape index (κ3) is 2.85. The zero-order valence-electron chi connectivity index (χ0n) is 9.19. The molecule has 1 heterocycles. The molecule has 0 aliphatic carbocycles. The molecule has 0 amide bonds. The minimum atomic E-state index is 0.247. The van der Waals surface area contributed by atoms with Gasteiger partial charge in [0.1, 0.15) is 11.6 Å². The Balaban J connectivity index is 1.92. The minimum Gasteiger partial charge on any atom is -0.341 e. The number of rotatable bonds is 5. The lowest BCUT2D eigenvalue weighted by molar-refractivity contribution is -0.116. The van der Waals surface area contributed by atoms with Crippen molar-refractivity contribution in [3.63, 3.8) is 0 Å². The number of aromatic amines is 1. The quantitative estimate of drug-likeness (QED) is 0.809. The average molecular weight is 234 g/mol. The van der Waals surface area contributed by atoms with Crippen molar-refractivity contribution in [2.75, 3.05) is 5.75 Å². The highest BCUT2D eigenvalue weighted by Crippen LogP contribution is 2.15. The van der Waals surface area contributed by atoms with Crippen molar-refractivity contribution < 1.29 is 4.79 Å². The molecule has 0 bridgehead atoms. The predicted octanol–water partition coefficient (Wildman–Crippen LogP) is 2.78. The van der Waals surface area contributed by atoms with Crippen LogP contribution in [0.25, 0.3) is 11.0 Å². The number of aromatic nitrogens is 2. The highest BCUT2D eigenvalue weighted by molar-refractivity contribution is 7.98. The number of fused-ring (bicyclic) bond motifs is 1. The van der Waals surface area contributed by atoms with Crippen molar-refractivity contribution >= 4 is 28.6 Å². The SMILES string of the molecule is CC(=O)CCSCc1nc2ccccc2[nH]1. The van der Waals surface area contributed by atoms with Gasteiger partial charge in [0, 0.05) is 12.2 Å². The molecule has 0 atom stereocenters. The Bertz CT molecular complexity index is 459. The van der Waals surface area contributed by atoms with Gasteiger partial charge in [-0.2, -0.15) is 11.8 Å². The first-order valence-electron chi connectivity index (χ1n) is 5.26. The third-order valence-corrected chi connectivity index (χ3v) is 3.25. The van der Waals surface area contributed by atoms with E-state index in [1.807, 2.05) is 24.3 Å². The standard InChI is InChI=1S/C12H14N2OS/c1-9(15)6-7-16-8-12-13-10-4-2-3-5-11(10)14-12/h2-5H,6-8H2,1H3,(H,13,14). The van der Waals surface area contributed by atoms with Crippen LogP contribution in [0.3, 0.4) is 0 Å². The highest BCUT2D eigenvalue weighted by Gasteiger charge is 2.02. The Hall–Kier alpha value is -1.29. The highest BCUT2D eigenvalue weighted by atomic mass is 32.2. The largest absolute Gasteiger partial charge is 0.341 e. The lowest BCUT2D eigenvalue weighted by Gasteiger charge is -1.95. The second kappa shape index (κ2) is 5.16. The number of ketones is 1. The van der Waals surface area contributed by atoms with Crippen molar-refractivity contribution in [3.8, 4) is 0 Å². The molecule has 3 nitrogen and oxygen atoms in total. The van der Waals surface area contributed by atoms with Gasteiger partial charge in [-0.1, -0.05) is 12.1 Å². The van der Waals surface area contributed by atoms with Crippen molar-refractivity contribution in [1.29, 1.82) is 0 Å². The molecule has 1 aromatic heterocycles. The number of benzene rings is 1. The van der Waals surface area contributed by atoms with Crippen molar-refractivity contribution in [3.05, 3.63) is 30.1 Å². The molecular formula is C12H14N2OS. The molecular weight excluding hydrogens is 220 g/mol. The number of para-hydroxylation sites is 2. The number of carbonyl (C=O) groups excluding carboxylic acids is 1. The number of Topliss-reactive ketones (excluding diaryl/α,β-unsaturated/α-hetero) is 1. The summed E-state index contributed by atoms with van der Waals surface area (Å²) in [5.41, 5.74) is 2.08. The Kier molecular flexibility index (Phi) is 3.62. The van der Waals surface area contributed by atoms with Crippen LogP contribution in [0, 0.1) is 0 Å². The van der Waals surface area contributed by atoms with Gasteiger partial charge in [0.15, 0.2) is 0 Å². The Morgan fingerprint density at radius 1 is 1.44 bits per heavy atom. The molecule has 0 radical (unpaired) electrons. The number of hydrogen-bond donors (Lipinski definition) is 1. The van der Waals surface area contributed by atoms with E-state index in [1.54, 1.807) is 18.7 Å². The first-order chi connectivity index (χ1) is 7.75. The number of H-pyrrole nitrogens is 1. The van der Waals surface area contributed by atoms with E-state index >= 15 is 0 Å². The summed E-state index contributed by atoms with van der Waals surface area (Å²) >= 11 is 1.74. The van der Waals surface area contributed by atoms with Crippen LogP contribution >= 0.6 is 11.8 Å². The summed E-state index contributed by atoms with van der Waals surface area (Å²) in [7, 11) is 0. The van der Waals surface area contributed by atoms with E-state index in [9.17, 15) is 4.79 Å². The van der Waals surface area contributed by atoms with E-state index in [2.05, 4.69) is 9.97 Å². The fraction of sp³-hybridized carbons (Fsp3) is 0.333. The maximum absolute atomic E-state index is 10.8. The molecule has 1 N–H and O–H groups in total. The first kappa shape index (κ1) is 11.2. The molecule has 0 unspecified atom stereocenters. The van der Waals surface area contributed by atoms with Crippen LogP contribution in [0.4, 0.5) is 0 Å². The third-order valence-electron chi connectivity index (χ3n) is 2.28. The molecule has 0 saturated carbocycles. The number of nitrogens with zero attached hydrogens (tertiary/aromatic N) is 1. The van der Waals surface area contributed by atoms with E-state index in [4.69, 9.17) is 0 Å². The number of hydrogen-bond acceptors (Lipinski definition) is 3.